The lowest BCUT2D eigenvalue weighted by molar-refractivity contribution is -0.143. The number of thioether (sulfide) groups is 1. The summed E-state index contributed by atoms with van der Waals surface area (Å²) in [6, 6.07) is 4.94. The highest BCUT2D eigenvalue weighted by atomic mass is 32.2. The number of methoxy groups -OCH3 is 1. The van der Waals surface area contributed by atoms with Gasteiger partial charge in [0.25, 0.3) is 11.1 Å². The quantitative estimate of drug-likeness (QED) is 0.494. The molecular formula is C19H23NO6S. The van der Waals surface area contributed by atoms with Crippen LogP contribution in [0.2, 0.25) is 0 Å². The van der Waals surface area contributed by atoms with E-state index in [2.05, 4.69) is 4.74 Å². The average Bonchev–Trinajstić information content (AvgIpc) is 2.93. The first kappa shape index (κ1) is 20.8. The highest BCUT2D eigenvalue weighted by molar-refractivity contribution is 8.18. The third-order valence-electron chi connectivity index (χ3n) is 3.99. The molecule has 1 saturated heterocycles. The Morgan fingerprint density at radius 1 is 1.22 bits per heavy atom. The Bertz CT molecular complexity index is 761. The first-order chi connectivity index (χ1) is 12.9. The predicted octanol–water partition coefficient (Wildman–Crippen LogP) is 3.47. The molecule has 2 rings (SSSR count). The molecule has 1 aliphatic heterocycles. The van der Waals surface area contributed by atoms with E-state index in [9.17, 15) is 14.4 Å². The van der Waals surface area contributed by atoms with Gasteiger partial charge in [-0.05, 0) is 55.8 Å². The minimum atomic E-state index is -0.500. The molecule has 1 unspecified atom stereocenters. The molecule has 0 aromatic heterocycles. The van der Waals surface area contributed by atoms with Gasteiger partial charge in [-0.2, -0.15) is 0 Å². The molecule has 0 bridgehead atoms. The summed E-state index contributed by atoms with van der Waals surface area (Å²) in [5, 5.41) is -0.260. The molecular weight excluding hydrogens is 370 g/mol. The fourth-order valence-electron chi connectivity index (χ4n) is 2.39. The fourth-order valence-corrected chi connectivity index (χ4v) is 3.32. The standard InChI is InChI=1S/C19H23NO6S/c1-5-12(3)20-18(22)16(27-19(20)23)10-13-7-8-14(15(9-13)25-6-2)26-11-17(21)24-4/h7-10,12H,5-6,11H2,1-4H3/b16-10+. The molecule has 2 amide bonds. The Hall–Kier alpha value is -2.48. The largest absolute Gasteiger partial charge is 0.490 e. The summed E-state index contributed by atoms with van der Waals surface area (Å²) in [6.07, 6.45) is 2.35. The number of carbonyl (C=O) groups is 3. The van der Waals surface area contributed by atoms with Crippen LogP contribution in [0.15, 0.2) is 23.1 Å². The maximum absolute atomic E-state index is 12.5. The van der Waals surface area contributed by atoms with Gasteiger partial charge in [0.1, 0.15) is 0 Å². The van der Waals surface area contributed by atoms with Crippen LogP contribution in [0.1, 0.15) is 32.8 Å². The molecule has 1 heterocycles. The third kappa shape index (κ3) is 5.03. The van der Waals surface area contributed by atoms with Gasteiger partial charge in [-0.25, -0.2) is 4.79 Å². The lowest BCUT2D eigenvalue weighted by atomic mass is 10.1. The molecule has 0 radical (unpaired) electrons. The zero-order valence-electron chi connectivity index (χ0n) is 15.8. The Morgan fingerprint density at radius 3 is 2.59 bits per heavy atom. The van der Waals surface area contributed by atoms with E-state index in [-0.39, 0.29) is 23.8 Å². The van der Waals surface area contributed by atoms with E-state index in [4.69, 9.17) is 9.47 Å². The number of ether oxygens (including phenoxy) is 3. The third-order valence-corrected chi connectivity index (χ3v) is 4.88. The number of imide groups is 1. The van der Waals surface area contributed by atoms with Crippen LogP contribution in [0.3, 0.4) is 0 Å². The Balaban J connectivity index is 2.24. The highest BCUT2D eigenvalue weighted by Gasteiger charge is 2.37. The van der Waals surface area contributed by atoms with Crippen LogP contribution in [-0.2, 0) is 14.3 Å². The first-order valence-corrected chi connectivity index (χ1v) is 9.46. The van der Waals surface area contributed by atoms with Crippen LogP contribution in [0, 0.1) is 0 Å². The predicted molar refractivity (Wildman–Crippen MR) is 103 cm³/mol. The molecule has 0 spiro atoms. The molecule has 8 heteroatoms. The monoisotopic (exact) mass is 393 g/mol. The minimum Gasteiger partial charge on any atom is -0.490 e. The molecule has 146 valence electrons. The number of carbonyl (C=O) groups excluding carboxylic acids is 3. The summed E-state index contributed by atoms with van der Waals surface area (Å²) < 4.78 is 15.5. The van der Waals surface area contributed by atoms with Gasteiger partial charge >= 0.3 is 5.97 Å². The second-order valence-corrected chi connectivity index (χ2v) is 6.81. The molecule has 1 fully saturated rings. The zero-order chi connectivity index (χ0) is 20.0. The van der Waals surface area contributed by atoms with Crippen LogP contribution in [0.5, 0.6) is 11.5 Å². The van der Waals surface area contributed by atoms with E-state index < -0.39 is 5.97 Å². The van der Waals surface area contributed by atoms with Crippen LogP contribution >= 0.6 is 11.8 Å². The number of rotatable bonds is 8. The smallest absolute Gasteiger partial charge is 0.343 e. The van der Waals surface area contributed by atoms with E-state index in [1.807, 2.05) is 20.8 Å². The molecule has 0 aliphatic carbocycles. The van der Waals surface area contributed by atoms with Gasteiger partial charge in [0.2, 0.25) is 0 Å². The van der Waals surface area contributed by atoms with Crippen molar-refractivity contribution < 1.29 is 28.6 Å². The maximum atomic E-state index is 12.5. The van der Waals surface area contributed by atoms with Crippen LogP contribution in [-0.4, -0.2) is 48.4 Å². The number of hydrogen-bond acceptors (Lipinski definition) is 7. The number of nitrogens with zero attached hydrogens (tertiary/aromatic N) is 1. The van der Waals surface area contributed by atoms with Crippen molar-refractivity contribution in [1.82, 2.24) is 4.90 Å². The number of esters is 1. The number of amides is 2. The van der Waals surface area contributed by atoms with E-state index in [1.165, 1.54) is 12.0 Å². The van der Waals surface area contributed by atoms with Crippen molar-refractivity contribution >= 4 is 35.0 Å². The van der Waals surface area contributed by atoms with Gasteiger partial charge < -0.3 is 14.2 Å². The summed E-state index contributed by atoms with van der Waals surface area (Å²) >= 11 is 0.926. The van der Waals surface area contributed by atoms with Gasteiger partial charge in [0.15, 0.2) is 18.1 Å². The second kappa shape index (κ2) is 9.45. The molecule has 0 saturated carbocycles. The van der Waals surface area contributed by atoms with Crippen LogP contribution in [0.25, 0.3) is 6.08 Å². The summed E-state index contributed by atoms with van der Waals surface area (Å²) in [4.78, 5) is 37.5. The molecule has 1 aliphatic rings. The minimum absolute atomic E-state index is 0.142. The molecule has 27 heavy (non-hydrogen) atoms. The molecule has 1 atom stereocenters. The Labute approximate surface area is 162 Å². The van der Waals surface area contributed by atoms with E-state index in [0.717, 1.165) is 11.8 Å². The first-order valence-electron chi connectivity index (χ1n) is 8.64. The molecule has 7 nitrogen and oxygen atoms in total. The van der Waals surface area contributed by atoms with Gasteiger partial charge in [0.05, 0.1) is 18.6 Å². The lowest BCUT2D eigenvalue weighted by Crippen LogP contribution is -2.36. The zero-order valence-corrected chi connectivity index (χ0v) is 16.6. The Kier molecular flexibility index (Phi) is 7.29. The van der Waals surface area contributed by atoms with E-state index in [0.29, 0.717) is 35.0 Å². The van der Waals surface area contributed by atoms with Crippen LogP contribution < -0.4 is 9.47 Å². The Morgan fingerprint density at radius 2 is 1.96 bits per heavy atom. The van der Waals surface area contributed by atoms with Crippen molar-refractivity contribution in [2.24, 2.45) is 0 Å². The number of hydrogen-bond donors (Lipinski definition) is 0. The van der Waals surface area contributed by atoms with Crippen molar-refractivity contribution in [1.29, 1.82) is 0 Å². The van der Waals surface area contributed by atoms with Gasteiger partial charge in [-0.3, -0.25) is 14.5 Å². The van der Waals surface area contributed by atoms with E-state index >= 15 is 0 Å². The molecule has 0 N–H and O–H groups in total. The average molecular weight is 393 g/mol. The maximum Gasteiger partial charge on any atom is 0.343 e. The number of benzene rings is 1. The fraction of sp³-hybridized carbons (Fsp3) is 0.421. The molecule has 1 aromatic rings. The van der Waals surface area contributed by atoms with Crippen molar-refractivity contribution in [3.05, 3.63) is 28.7 Å². The summed E-state index contributed by atoms with van der Waals surface area (Å²) in [5.41, 5.74) is 0.693. The SMILES string of the molecule is CCOc1cc(/C=C2/SC(=O)N(C(C)CC)C2=O)ccc1OCC(=O)OC. The summed E-state index contributed by atoms with van der Waals surface area (Å²) in [6.45, 7) is 5.78. The van der Waals surface area contributed by atoms with E-state index in [1.54, 1.807) is 24.3 Å². The summed E-state index contributed by atoms with van der Waals surface area (Å²) in [7, 11) is 1.28. The normalized spacial score (nSPS) is 16.6. The van der Waals surface area contributed by atoms with Crippen molar-refractivity contribution in [3.8, 4) is 11.5 Å². The second-order valence-electron chi connectivity index (χ2n) is 5.81. The van der Waals surface area contributed by atoms with Crippen molar-refractivity contribution in [3.63, 3.8) is 0 Å². The van der Waals surface area contributed by atoms with Crippen LogP contribution in [0.4, 0.5) is 4.79 Å². The van der Waals surface area contributed by atoms with Gasteiger partial charge in [-0.15, -0.1) is 0 Å². The lowest BCUT2D eigenvalue weighted by Gasteiger charge is -2.19. The van der Waals surface area contributed by atoms with Gasteiger partial charge in [-0.1, -0.05) is 13.0 Å². The topological polar surface area (TPSA) is 82.1 Å². The molecule has 1 aromatic carbocycles. The van der Waals surface area contributed by atoms with Gasteiger partial charge in [0, 0.05) is 6.04 Å². The highest BCUT2D eigenvalue weighted by Crippen LogP contribution is 2.36. The summed E-state index contributed by atoms with van der Waals surface area (Å²) in [5.74, 6) is 0.0481. The van der Waals surface area contributed by atoms with Crippen molar-refractivity contribution in [2.75, 3.05) is 20.3 Å². The van der Waals surface area contributed by atoms with Crippen molar-refractivity contribution in [2.45, 2.75) is 33.2 Å².